The highest BCUT2D eigenvalue weighted by atomic mass is 32.2. The molecule has 0 unspecified atom stereocenters. The molecule has 30 heavy (non-hydrogen) atoms. The van der Waals surface area contributed by atoms with E-state index in [1.54, 1.807) is 13.3 Å². The molecule has 9 heteroatoms. The fourth-order valence-electron chi connectivity index (χ4n) is 3.38. The van der Waals surface area contributed by atoms with E-state index in [-0.39, 0.29) is 11.7 Å². The van der Waals surface area contributed by atoms with E-state index in [0.717, 1.165) is 46.7 Å². The van der Waals surface area contributed by atoms with Gasteiger partial charge in [0.05, 0.1) is 24.1 Å². The standard InChI is InChI=1S/C21H20N4O3S2/c1-28-13-7-5-12(6-8-13)15-9-10-23-21(24-15)29-11-17(26)25-20-18(19(22)27)14-3-2-4-16(14)30-20/h5-10H,2-4,11H2,1H3,(H2,22,27)(H,25,26). The first-order valence-electron chi connectivity index (χ1n) is 9.39. The van der Waals surface area contributed by atoms with E-state index >= 15 is 0 Å². The Kier molecular flexibility index (Phi) is 6.01. The maximum absolute atomic E-state index is 12.5. The van der Waals surface area contributed by atoms with Gasteiger partial charge in [-0.25, -0.2) is 9.97 Å². The number of thioether (sulfide) groups is 1. The number of rotatable bonds is 7. The van der Waals surface area contributed by atoms with Crippen molar-refractivity contribution in [1.29, 1.82) is 0 Å². The molecule has 0 saturated heterocycles. The molecule has 0 saturated carbocycles. The summed E-state index contributed by atoms with van der Waals surface area (Å²) < 4.78 is 5.18. The molecule has 1 aliphatic carbocycles. The van der Waals surface area contributed by atoms with Crippen LogP contribution in [0.1, 0.15) is 27.2 Å². The maximum Gasteiger partial charge on any atom is 0.251 e. The summed E-state index contributed by atoms with van der Waals surface area (Å²) in [5, 5.41) is 3.89. The number of thiophene rings is 1. The fourth-order valence-corrected chi connectivity index (χ4v) is 5.32. The number of ether oxygens (including phenoxy) is 1. The molecule has 0 atom stereocenters. The van der Waals surface area contributed by atoms with Gasteiger partial charge in [-0.15, -0.1) is 11.3 Å². The van der Waals surface area contributed by atoms with Gasteiger partial charge >= 0.3 is 0 Å². The van der Waals surface area contributed by atoms with Crippen LogP contribution in [0.4, 0.5) is 5.00 Å². The summed E-state index contributed by atoms with van der Waals surface area (Å²) in [5.41, 5.74) is 8.70. The molecule has 0 aliphatic heterocycles. The summed E-state index contributed by atoms with van der Waals surface area (Å²) >= 11 is 2.68. The SMILES string of the molecule is COc1ccc(-c2ccnc(SCC(=O)Nc3sc4c(c3C(N)=O)CCC4)n2)cc1. The summed E-state index contributed by atoms with van der Waals surface area (Å²) in [6.45, 7) is 0. The van der Waals surface area contributed by atoms with Crippen LogP contribution in [0.25, 0.3) is 11.3 Å². The maximum atomic E-state index is 12.5. The second-order valence-electron chi connectivity index (χ2n) is 6.72. The molecule has 7 nitrogen and oxygen atoms in total. The third-order valence-electron chi connectivity index (χ3n) is 4.77. The van der Waals surface area contributed by atoms with Crippen LogP contribution in [-0.2, 0) is 17.6 Å². The van der Waals surface area contributed by atoms with Crippen molar-refractivity contribution in [1.82, 2.24) is 9.97 Å². The van der Waals surface area contributed by atoms with E-state index in [4.69, 9.17) is 10.5 Å². The zero-order valence-electron chi connectivity index (χ0n) is 16.3. The summed E-state index contributed by atoms with van der Waals surface area (Å²) in [6.07, 6.45) is 4.45. The van der Waals surface area contributed by atoms with E-state index in [1.807, 2.05) is 30.3 Å². The number of aryl methyl sites for hydroxylation is 1. The number of carbonyl (C=O) groups excluding carboxylic acids is 2. The van der Waals surface area contributed by atoms with E-state index in [9.17, 15) is 9.59 Å². The van der Waals surface area contributed by atoms with Crippen LogP contribution in [0.3, 0.4) is 0 Å². The van der Waals surface area contributed by atoms with Crippen LogP contribution >= 0.6 is 23.1 Å². The van der Waals surface area contributed by atoms with Crippen molar-refractivity contribution in [2.45, 2.75) is 24.4 Å². The monoisotopic (exact) mass is 440 g/mol. The van der Waals surface area contributed by atoms with Crippen LogP contribution in [0.15, 0.2) is 41.7 Å². The number of carbonyl (C=O) groups is 2. The van der Waals surface area contributed by atoms with Crippen molar-refractivity contribution in [3.8, 4) is 17.0 Å². The minimum absolute atomic E-state index is 0.132. The van der Waals surface area contributed by atoms with Crippen LogP contribution in [0, 0.1) is 0 Å². The summed E-state index contributed by atoms with van der Waals surface area (Å²) in [6, 6.07) is 9.39. The van der Waals surface area contributed by atoms with E-state index in [1.165, 1.54) is 23.1 Å². The van der Waals surface area contributed by atoms with Gasteiger partial charge in [0.15, 0.2) is 5.16 Å². The number of fused-ring (bicyclic) bond motifs is 1. The molecule has 1 aliphatic rings. The molecule has 3 aromatic rings. The number of methoxy groups -OCH3 is 1. The number of hydrogen-bond acceptors (Lipinski definition) is 7. The zero-order chi connectivity index (χ0) is 21.1. The van der Waals surface area contributed by atoms with Gasteiger partial charge < -0.3 is 15.8 Å². The van der Waals surface area contributed by atoms with E-state index in [2.05, 4.69) is 15.3 Å². The average molecular weight is 441 g/mol. The van der Waals surface area contributed by atoms with Gasteiger partial charge in [-0.3, -0.25) is 9.59 Å². The van der Waals surface area contributed by atoms with E-state index < -0.39 is 5.91 Å². The second-order valence-corrected chi connectivity index (χ2v) is 8.76. The predicted octanol–water partition coefficient (Wildman–Crippen LogP) is 3.53. The van der Waals surface area contributed by atoms with Crippen LogP contribution in [-0.4, -0.2) is 34.6 Å². The first-order chi connectivity index (χ1) is 14.5. The molecule has 154 valence electrons. The first-order valence-corrected chi connectivity index (χ1v) is 11.2. The lowest BCUT2D eigenvalue weighted by Gasteiger charge is -2.07. The van der Waals surface area contributed by atoms with Crippen molar-refractivity contribution < 1.29 is 14.3 Å². The largest absolute Gasteiger partial charge is 0.497 e. The molecular formula is C21H20N4O3S2. The Morgan fingerprint density at radius 2 is 2.03 bits per heavy atom. The van der Waals surface area contributed by atoms with Crippen molar-refractivity contribution >= 4 is 39.9 Å². The number of amides is 2. The van der Waals surface area contributed by atoms with Crippen molar-refractivity contribution in [2.24, 2.45) is 5.73 Å². The molecule has 0 radical (unpaired) electrons. The Bertz CT molecular complexity index is 1100. The fraction of sp³-hybridized carbons (Fsp3) is 0.238. The minimum atomic E-state index is -0.493. The lowest BCUT2D eigenvalue weighted by molar-refractivity contribution is -0.113. The van der Waals surface area contributed by atoms with Gasteiger partial charge in [0, 0.05) is 16.6 Å². The van der Waals surface area contributed by atoms with Crippen molar-refractivity contribution in [3.05, 3.63) is 52.5 Å². The molecular weight excluding hydrogens is 420 g/mol. The predicted molar refractivity (Wildman–Crippen MR) is 118 cm³/mol. The highest BCUT2D eigenvalue weighted by Gasteiger charge is 2.26. The lowest BCUT2D eigenvalue weighted by atomic mass is 10.1. The van der Waals surface area contributed by atoms with Crippen LogP contribution in [0.2, 0.25) is 0 Å². The van der Waals surface area contributed by atoms with Gasteiger partial charge in [0.25, 0.3) is 5.91 Å². The number of aromatic nitrogens is 2. The molecule has 2 heterocycles. The Hall–Kier alpha value is -2.91. The highest BCUT2D eigenvalue weighted by molar-refractivity contribution is 7.99. The molecule has 3 N–H and O–H groups in total. The number of hydrogen-bond donors (Lipinski definition) is 2. The molecule has 0 spiro atoms. The number of nitrogens with zero attached hydrogens (tertiary/aromatic N) is 2. The minimum Gasteiger partial charge on any atom is -0.497 e. The molecule has 2 aromatic heterocycles. The molecule has 0 bridgehead atoms. The van der Waals surface area contributed by atoms with Crippen LogP contribution < -0.4 is 15.8 Å². The third kappa shape index (κ3) is 4.31. The number of primary amides is 1. The topological polar surface area (TPSA) is 107 Å². The van der Waals surface area contributed by atoms with Crippen LogP contribution in [0.5, 0.6) is 5.75 Å². The van der Waals surface area contributed by atoms with E-state index in [0.29, 0.717) is 15.7 Å². The first kappa shape index (κ1) is 20.4. The molecule has 1 aromatic carbocycles. The quantitative estimate of drug-likeness (QED) is 0.430. The lowest BCUT2D eigenvalue weighted by Crippen LogP contribution is -2.19. The van der Waals surface area contributed by atoms with Crippen molar-refractivity contribution in [2.75, 3.05) is 18.2 Å². The highest BCUT2D eigenvalue weighted by Crippen LogP contribution is 2.38. The molecule has 4 rings (SSSR count). The smallest absolute Gasteiger partial charge is 0.251 e. The van der Waals surface area contributed by atoms with Gasteiger partial charge in [-0.05, 0) is 55.2 Å². The Morgan fingerprint density at radius 3 is 2.77 bits per heavy atom. The molecule has 2 amide bonds. The number of benzene rings is 1. The Balaban J connectivity index is 1.42. The second kappa shape index (κ2) is 8.85. The number of nitrogens with one attached hydrogen (secondary N) is 1. The summed E-state index contributed by atoms with van der Waals surface area (Å²) in [5.74, 6) is 0.190. The molecule has 0 fully saturated rings. The normalized spacial score (nSPS) is 12.4. The Labute approximate surface area is 182 Å². The average Bonchev–Trinajstić information content (AvgIpc) is 3.33. The van der Waals surface area contributed by atoms with Gasteiger partial charge in [-0.2, -0.15) is 0 Å². The van der Waals surface area contributed by atoms with Gasteiger partial charge in [-0.1, -0.05) is 11.8 Å². The van der Waals surface area contributed by atoms with Gasteiger partial charge in [0.2, 0.25) is 5.91 Å². The van der Waals surface area contributed by atoms with Crippen molar-refractivity contribution in [3.63, 3.8) is 0 Å². The number of nitrogens with two attached hydrogens (primary N) is 1. The zero-order valence-corrected chi connectivity index (χ0v) is 17.9. The summed E-state index contributed by atoms with van der Waals surface area (Å²) in [7, 11) is 1.62. The third-order valence-corrected chi connectivity index (χ3v) is 6.84. The summed E-state index contributed by atoms with van der Waals surface area (Å²) in [4.78, 5) is 34.2. The van der Waals surface area contributed by atoms with Gasteiger partial charge in [0.1, 0.15) is 10.8 Å². The number of anilines is 1. The Morgan fingerprint density at radius 1 is 1.23 bits per heavy atom.